The molecular weight excluding hydrogens is 272 g/mol. The smallest absolute Gasteiger partial charge is 0.356 e. The monoisotopic (exact) mass is 288 g/mol. The highest BCUT2D eigenvalue weighted by Crippen LogP contribution is 2.14. The first-order valence-electron chi connectivity index (χ1n) is 6.63. The van der Waals surface area contributed by atoms with Crippen molar-refractivity contribution in [3.05, 3.63) is 41.5 Å². The first kappa shape index (κ1) is 14.7. The molecule has 0 saturated heterocycles. The Bertz CT molecular complexity index is 679. The summed E-state index contributed by atoms with van der Waals surface area (Å²) in [6.45, 7) is 4.39. The van der Waals surface area contributed by atoms with Gasteiger partial charge in [0.25, 0.3) is 5.91 Å². The van der Waals surface area contributed by atoms with Gasteiger partial charge in [0.15, 0.2) is 5.69 Å². The van der Waals surface area contributed by atoms with Gasteiger partial charge in [-0.05, 0) is 31.5 Å². The molecule has 0 radical (unpaired) electrons. The molecule has 0 saturated carbocycles. The Balaban J connectivity index is 2.30. The zero-order valence-electron chi connectivity index (χ0n) is 11.8. The Morgan fingerprint density at radius 1 is 1.38 bits per heavy atom. The summed E-state index contributed by atoms with van der Waals surface area (Å²) in [5.74, 6) is -1.59. The first-order valence-corrected chi connectivity index (χ1v) is 6.63. The average molecular weight is 288 g/mol. The van der Waals surface area contributed by atoms with Crippen LogP contribution < -0.4 is 5.32 Å². The molecule has 0 aromatic carbocycles. The number of pyridine rings is 1. The average Bonchev–Trinajstić information content (AvgIpc) is 2.91. The Kier molecular flexibility index (Phi) is 4.32. The molecule has 110 valence electrons. The fourth-order valence-corrected chi connectivity index (χ4v) is 1.93. The van der Waals surface area contributed by atoms with Gasteiger partial charge >= 0.3 is 5.97 Å². The zero-order valence-corrected chi connectivity index (χ0v) is 11.8. The molecule has 7 heteroatoms. The van der Waals surface area contributed by atoms with Crippen molar-refractivity contribution in [2.45, 2.75) is 26.8 Å². The van der Waals surface area contributed by atoms with Crippen LogP contribution in [-0.4, -0.2) is 31.7 Å². The van der Waals surface area contributed by atoms with Gasteiger partial charge in [0.1, 0.15) is 5.69 Å². The normalized spacial score (nSPS) is 10.4. The van der Waals surface area contributed by atoms with Gasteiger partial charge in [0.2, 0.25) is 0 Å². The number of rotatable bonds is 5. The summed E-state index contributed by atoms with van der Waals surface area (Å²) in [7, 11) is 0. The van der Waals surface area contributed by atoms with Crippen molar-refractivity contribution < 1.29 is 14.7 Å². The number of aromatic carboxylic acids is 1. The topological polar surface area (TPSA) is 97.1 Å². The number of hydrogen-bond acceptors (Lipinski definition) is 4. The quantitative estimate of drug-likeness (QED) is 0.874. The Morgan fingerprint density at radius 3 is 2.76 bits per heavy atom. The third-order valence-corrected chi connectivity index (χ3v) is 2.98. The number of nitrogens with zero attached hydrogens (tertiary/aromatic N) is 3. The maximum absolute atomic E-state index is 12.3. The van der Waals surface area contributed by atoms with Crippen LogP contribution in [0.15, 0.2) is 24.4 Å². The number of anilines is 1. The fourth-order valence-electron chi connectivity index (χ4n) is 1.93. The van der Waals surface area contributed by atoms with Gasteiger partial charge in [0.05, 0.1) is 11.4 Å². The number of nitrogens with one attached hydrogen (secondary N) is 1. The predicted octanol–water partition coefficient (Wildman–Crippen LogP) is 1.81. The SMILES string of the molecule is CCc1cc(C(=O)Nc2cccnc2C(=O)O)n(CC)n1. The Hall–Kier alpha value is -2.70. The second-order valence-electron chi connectivity index (χ2n) is 4.35. The number of carbonyl (C=O) groups excluding carboxylic acids is 1. The number of aryl methyl sites for hydroxylation is 2. The molecule has 21 heavy (non-hydrogen) atoms. The molecule has 0 aliphatic rings. The third-order valence-electron chi connectivity index (χ3n) is 2.98. The number of aromatic nitrogens is 3. The molecule has 0 fully saturated rings. The molecule has 2 aromatic rings. The minimum Gasteiger partial charge on any atom is -0.476 e. The molecule has 0 unspecified atom stereocenters. The lowest BCUT2D eigenvalue weighted by atomic mass is 10.2. The molecular formula is C14H16N4O3. The van der Waals surface area contributed by atoms with Crippen LogP contribution >= 0.6 is 0 Å². The lowest BCUT2D eigenvalue weighted by Crippen LogP contribution is -2.19. The number of amides is 1. The summed E-state index contributed by atoms with van der Waals surface area (Å²) in [5, 5.41) is 15.9. The van der Waals surface area contributed by atoms with Gasteiger partial charge in [-0.1, -0.05) is 6.92 Å². The Labute approximate surface area is 121 Å². The molecule has 1 amide bonds. The van der Waals surface area contributed by atoms with Crippen LogP contribution in [0.1, 0.15) is 40.5 Å². The number of carboxylic acids is 1. The number of hydrogen-bond donors (Lipinski definition) is 2. The summed E-state index contributed by atoms with van der Waals surface area (Å²) in [6, 6.07) is 4.77. The van der Waals surface area contributed by atoms with Crippen LogP contribution in [0.3, 0.4) is 0 Å². The van der Waals surface area contributed by atoms with E-state index in [1.807, 2.05) is 13.8 Å². The molecule has 2 N–H and O–H groups in total. The summed E-state index contributed by atoms with van der Waals surface area (Å²) in [6.07, 6.45) is 2.09. The fraction of sp³-hybridized carbons (Fsp3) is 0.286. The second kappa shape index (κ2) is 6.17. The highest BCUT2D eigenvalue weighted by molar-refractivity contribution is 6.06. The molecule has 2 heterocycles. The van der Waals surface area contributed by atoms with E-state index in [9.17, 15) is 9.59 Å². The molecule has 2 rings (SSSR count). The summed E-state index contributed by atoms with van der Waals surface area (Å²) in [5.41, 5.74) is 1.18. The molecule has 0 atom stereocenters. The van der Waals surface area contributed by atoms with Crippen molar-refractivity contribution in [2.24, 2.45) is 0 Å². The van der Waals surface area contributed by atoms with E-state index >= 15 is 0 Å². The predicted molar refractivity (Wildman–Crippen MR) is 76.4 cm³/mol. The highest BCUT2D eigenvalue weighted by atomic mass is 16.4. The van der Waals surface area contributed by atoms with Crippen molar-refractivity contribution >= 4 is 17.6 Å². The third kappa shape index (κ3) is 3.07. The van der Waals surface area contributed by atoms with E-state index in [-0.39, 0.29) is 11.4 Å². The summed E-state index contributed by atoms with van der Waals surface area (Å²) in [4.78, 5) is 27.1. The van der Waals surface area contributed by atoms with Gasteiger partial charge in [0, 0.05) is 12.7 Å². The lowest BCUT2D eigenvalue weighted by molar-refractivity contribution is 0.0691. The van der Waals surface area contributed by atoms with Crippen LogP contribution in [0, 0.1) is 0 Å². The van der Waals surface area contributed by atoms with Crippen LogP contribution in [0.2, 0.25) is 0 Å². The van der Waals surface area contributed by atoms with E-state index in [0.29, 0.717) is 12.2 Å². The minimum absolute atomic E-state index is 0.164. The number of carboxylic acid groups (broad SMARTS) is 1. The van der Waals surface area contributed by atoms with Crippen molar-refractivity contribution in [1.82, 2.24) is 14.8 Å². The van der Waals surface area contributed by atoms with Gasteiger partial charge in [-0.15, -0.1) is 0 Å². The van der Waals surface area contributed by atoms with E-state index in [1.165, 1.54) is 12.3 Å². The maximum atomic E-state index is 12.3. The van der Waals surface area contributed by atoms with Crippen LogP contribution in [0.5, 0.6) is 0 Å². The Morgan fingerprint density at radius 2 is 2.14 bits per heavy atom. The molecule has 0 aliphatic carbocycles. The van der Waals surface area contributed by atoms with Gasteiger partial charge in [-0.3, -0.25) is 9.48 Å². The number of carbonyl (C=O) groups is 2. The summed E-state index contributed by atoms with van der Waals surface area (Å²) < 4.78 is 1.59. The van der Waals surface area contributed by atoms with E-state index in [1.54, 1.807) is 16.8 Å². The van der Waals surface area contributed by atoms with Gasteiger partial charge in [-0.25, -0.2) is 9.78 Å². The van der Waals surface area contributed by atoms with Crippen molar-refractivity contribution in [2.75, 3.05) is 5.32 Å². The van der Waals surface area contributed by atoms with E-state index in [0.717, 1.165) is 12.1 Å². The molecule has 0 spiro atoms. The molecule has 0 aliphatic heterocycles. The standard InChI is InChI=1S/C14H16N4O3/c1-3-9-8-11(18(4-2)17-9)13(19)16-10-6-5-7-15-12(10)14(20)21/h5-8H,3-4H2,1-2H3,(H,16,19)(H,20,21). The zero-order chi connectivity index (χ0) is 15.4. The van der Waals surface area contributed by atoms with Crippen molar-refractivity contribution in [3.8, 4) is 0 Å². The first-order chi connectivity index (χ1) is 10.1. The maximum Gasteiger partial charge on any atom is 0.356 e. The lowest BCUT2D eigenvalue weighted by Gasteiger charge is -2.08. The van der Waals surface area contributed by atoms with Crippen LogP contribution in [0.4, 0.5) is 5.69 Å². The van der Waals surface area contributed by atoms with Crippen LogP contribution in [-0.2, 0) is 13.0 Å². The van der Waals surface area contributed by atoms with E-state index in [4.69, 9.17) is 5.11 Å². The molecule has 7 nitrogen and oxygen atoms in total. The van der Waals surface area contributed by atoms with Gasteiger partial charge in [-0.2, -0.15) is 5.10 Å². The molecule has 2 aromatic heterocycles. The second-order valence-corrected chi connectivity index (χ2v) is 4.35. The highest BCUT2D eigenvalue weighted by Gasteiger charge is 2.18. The van der Waals surface area contributed by atoms with E-state index < -0.39 is 11.9 Å². The molecule has 0 bridgehead atoms. The largest absolute Gasteiger partial charge is 0.476 e. The summed E-state index contributed by atoms with van der Waals surface area (Å²) >= 11 is 0. The van der Waals surface area contributed by atoms with Crippen LogP contribution in [0.25, 0.3) is 0 Å². The van der Waals surface area contributed by atoms with Crippen molar-refractivity contribution in [3.63, 3.8) is 0 Å². The van der Waals surface area contributed by atoms with E-state index in [2.05, 4.69) is 15.4 Å². The van der Waals surface area contributed by atoms with Gasteiger partial charge < -0.3 is 10.4 Å². The van der Waals surface area contributed by atoms with Crippen molar-refractivity contribution in [1.29, 1.82) is 0 Å². The minimum atomic E-state index is -1.19.